The van der Waals surface area contributed by atoms with Crippen molar-refractivity contribution in [3.63, 3.8) is 0 Å². The van der Waals surface area contributed by atoms with Crippen molar-refractivity contribution in [2.75, 3.05) is 13.7 Å². The molecule has 132 valence electrons. The molecule has 0 unspecified atom stereocenters. The van der Waals surface area contributed by atoms with Gasteiger partial charge in [-0.25, -0.2) is 0 Å². The molecule has 0 fully saturated rings. The summed E-state index contributed by atoms with van der Waals surface area (Å²) in [5.41, 5.74) is 4.37. The van der Waals surface area contributed by atoms with Crippen LogP contribution >= 0.6 is 11.3 Å². The topological polar surface area (TPSA) is 29.5 Å². The molecule has 26 heavy (non-hydrogen) atoms. The zero-order valence-electron chi connectivity index (χ0n) is 14.9. The highest BCUT2D eigenvalue weighted by molar-refractivity contribution is 7.10. The lowest BCUT2D eigenvalue weighted by atomic mass is 9.90. The van der Waals surface area contributed by atoms with Crippen LogP contribution in [0.15, 0.2) is 60.0 Å². The number of aryl methyl sites for hydroxylation is 1. The van der Waals surface area contributed by atoms with Crippen molar-refractivity contribution in [2.24, 2.45) is 0 Å². The molecule has 0 aliphatic carbocycles. The van der Waals surface area contributed by atoms with E-state index in [-0.39, 0.29) is 11.9 Å². The average molecular weight is 363 g/mol. The van der Waals surface area contributed by atoms with E-state index in [0.29, 0.717) is 5.56 Å². The molecule has 1 atom stereocenters. The summed E-state index contributed by atoms with van der Waals surface area (Å²) in [5, 5.41) is 2.14. The Labute approximate surface area is 157 Å². The smallest absolute Gasteiger partial charge is 0.254 e. The van der Waals surface area contributed by atoms with Gasteiger partial charge in [-0.1, -0.05) is 24.3 Å². The number of benzene rings is 2. The highest BCUT2D eigenvalue weighted by Crippen LogP contribution is 2.39. The fourth-order valence-electron chi connectivity index (χ4n) is 3.66. The molecule has 0 radical (unpaired) electrons. The third-order valence-corrected chi connectivity index (χ3v) is 6.04. The number of rotatable bonds is 3. The summed E-state index contributed by atoms with van der Waals surface area (Å²) < 4.78 is 5.21. The number of carbonyl (C=O) groups excluding carboxylic acids is 1. The molecule has 4 heteroatoms. The van der Waals surface area contributed by atoms with Crippen LogP contribution in [0, 0.1) is 6.92 Å². The predicted octanol–water partition coefficient (Wildman–Crippen LogP) is 4.85. The molecule has 0 saturated heterocycles. The van der Waals surface area contributed by atoms with Crippen LogP contribution in [0.3, 0.4) is 0 Å². The molecule has 0 bridgehead atoms. The average Bonchev–Trinajstić information content (AvgIpc) is 3.16. The van der Waals surface area contributed by atoms with Gasteiger partial charge in [0.1, 0.15) is 5.75 Å². The van der Waals surface area contributed by atoms with E-state index in [1.165, 1.54) is 21.6 Å². The Morgan fingerprint density at radius 3 is 2.58 bits per heavy atom. The molecule has 0 saturated carbocycles. The number of nitrogens with zero attached hydrogens (tertiary/aromatic N) is 1. The SMILES string of the molecule is COc1ccc(C(=O)N2CCc3sccc3[C@H]2c2ccccc2C)cc1. The first-order valence-corrected chi connectivity index (χ1v) is 9.64. The third-order valence-electron chi connectivity index (χ3n) is 5.05. The number of hydrogen-bond donors (Lipinski definition) is 0. The van der Waals surface area contributed by atoms with Crippen LogP contribution in [-0.4, -0.2) is 24.5 Å². The van der Waals surface area contributed by atoms with Crippen LogP contribution < -0.4 is 4.74 Å². The maximum absolute atomic E-state index is 13.3. The van der Waals surface area contributed by atoms with Crippen LogP contribution in [0.2, 0.25) is 0 Å². The molecular formula is C22H21NO2S. The second-order valence-corrected chi connectivity index (χ2v) is 7.54. The van der Waals surface area contributed by atoms with Gasteiger partial charge in [0.25, 0.3) is 5.91 Å². The van der Waals surface area contributed by atoms with Gasteiger partial charge in [0.15, 0.2) is 0 Å². The number of fused-ring (bicyclic) bond motifs is 1. The normalized spacial score (nSPS) is 16.2. The lowest BCUT2D eigenvalue weighted by molar-refractivity contribution is 0.0695. The number of carbonyl (C=O) groups is 1. The molecule has 1 amide bonds. The lowest BCUT2D eigenvalue weighted by Gasteiger charge is -2.37. The number of hydrogen-bond acceptors (Lipinski definition) is 3. The van der Waals surface area contributed by atoms with Gasteiger partial charge < -0.3 is 9.64 Å². The predicted molar refractivity (Wildman–Crippen MR) is 105 cm³/mol. The van der Waals surface area contributed by atoms with Crippen LogP contribution in [0.4, 0.5) is 0 Å². The Morgan fingerprint density at radius 1 is 1.08 bits per heavy atom. The van der Waals surface area contributed by atoms with Crippen molar-refractivity contribution in [2.45, 2.75) is 19.4 Å². The minimum atomic E-state index is -0.0270. The summed E-state index contributed by atoms with van der Waals surface area (Å²) in [6.07, 6.45) is 0.914. The minimum Gasteiger partial charge on any atom is -0.497 e. The van der Waals surface area contributed by atoms with Gasteiger partial charge in [0, 0.05) is 17.0 Å². The maximum Gasteiger partial charge on any atom is 0.254 e. The van der Waals surface area contributed by atoms with E-state index in [2.05, 4.69) is 36.6 Å². The molecule has 3 nitrogen and oxygen atoms in total. The number of methoxy groups -OCH3 is 1. The monoisotopic (exact) mass is 363 g/mol. The van der Waals surface area contributed by atoms with Crippen LogP contribution in [0.1, 0.15) is 38.0 Å². The Kier molecular flexibility index (Phi) is 4.51. The van der Waals surface area contributed by atoms with Crippen molar-refractivity contribution >= 4 is 17.2 Å². The van der Waals surface area contributed by atoms with Gasteiger partial charge >= 0.3 is 0 Å². The zero-order chi connectivity index (χ0) is 18.1. The van der Waals surface area contributed by atoms with Crippen LogP contribution in [0.5, 0.6) is 5.75 Å². The summed E-state index contributed by atoms with van der Waals surface area (Å²) >= 11 is 1.79. The Hall–Kier alpha value is -2.59. The first-order chi connectivity index (χ1) is 12.7. The van der Waals surface area contributed by atoms with Crippen molar-refractivity contribution in [1.29, 1.82) is 0 Å². The van der Waals surface area contributed by atoms with Gasteiger partial charge in [-0.15, -0.1) is 11.3 Å². The maximum atomic E-state index is 13.3. The second-order valence-electron chi connectivity index (χ2n) is 6.54. The van der Waals surface area contributed by atoms with Gasteiger partial charge in [-0.2, -0.15) is 0 Å². The van der Waals surface area contributed by atoms with Gasteiger partial charge in [-0.05, 0) is 65.7 Å². The number of amides is 1. The molecule has 0 spiro atoms. The largest absolute Gasteiger partial charge is 0.497 e. The van der Waals surface area contributed by atoms with Crippen molar-refractivity contribution in [3.8, 4) is 5.75 Å². The van der Waals surface area contributed by atoms with Crippen LogP contribution in [0.25, 0.3) is 0 Å². The van der Waals surface area contributed by atoms with Gasteiger partial charge in [-0.3, -0.25) is 4.79 Å². The second kappa shape index (κ2) is 6.96. The van der Waals surface area contributed by atoms with E-state index in [0.717, 1.165) is 18.7 Å². The first-order valence-electron chi connectivity index (χ1n) is 8.76. The Balaban J connectivity index is 1.76. The molecule has 1 aliphatic rings. The molecular weight excluding hydrogens is 342 g/mol. The molecule has 2 heterocycles. The fourth-order valence-corrected chi connectivity index (χ4v) is 4.57. The van der Waals surface area contributed by atoms with E-state index in [4.69, 9.17) is 4.74 Å². The first kappa shape index (κ1) is 16.9. The standard InChI is InChI=1S/C22H21NO2S/c1-15-5-3-4-6-18(15)21-19-12-14-26-20(19)11-13-23(21)22(24)16-7-9-17(25-2)10-8-16/h3-10,12,14,21H,11,13H2,1-2H3/t21-/m1/s1. The summed E-state index contributed by atoms with van der Waals surface area (Å²) in [6, 6.07) is 17.9. The zero-order valence-corrected chi connectivity index (χ0v) is 15.8. The van der Waals surface area contributed by atoms with Crippen molar-refractivity contribution in [1.82, 2.24) is 4.90 Å². The van der Waals surface area contributed by atoms with E-state index in [1.807, 2.05) is 35.2 Å². The summed E-state index contributed by atoms with van der Waals surface area (Å²) in [6.45, 7) is 2.85. The molecule has 4 rings (SSSR count). The molecule has 3 aromatic rings. The lowest BCUT2D eigenvalue weighted by Crippen LogP contribution is -2.40. The van der Waals surface area contributed by atoms with E-state index >= 15 is 0 Å². The molecule has 1 aliphatic heterocycles. The summed E-state index contributed by atoms with van der Waals surface area (Å²) in [5.74, 6) is 0.827. The molecule has 2 aromatic carbocycles. The van der Waals surface area contributed by atoms with Crippen LogP contribution in [-0.2, 0) is 6.42 Å². The van der Waals surface area contributed by atoms with Crippen molar-refractivity contribution < 1.29 is 9.53 Å². The van der Waals surface area contributed by atoms with E-state index < -0.39 is 0 Å². The number of thiophene rings is 1. The van der Waals surface area contributed by atoms with Gasteiger partial charge in [0.2, 0.25) is 0 Å². The summed E-state index contributed by atoms with van der Waals surface area (Å²) in [7, 11) is 1.63. The quantitative estimate of drug-likeness (QED) is 0.665. The van der Waals surface area contributed by atoms with Gasteiger partial charge in [0.05, 0.1) is 13.2 Å². The van der Waals surface area contributed by atoms with Crippen molar-refractivity contribution in [3.05, 3.63) is 87.1 Å². The molecule has 1 aromatic heterocycles. The molecule has 0 N–H and O–H groups in total. The number of ether oxygens (including phenoxy) is 1. The Morgan fingerprint density at radius 2 is 1.85 bits per heavy atom. The highest BCUT2D eigenvalue weighted by atomic mass is 32.1. The Bertz CT molecular complexity index is 929. The summed E-state index contributed by atoms with van der Waals surface area (Å²) in [4.78, 5) is 16.7. The fraction of sp³-hybridized carbons (Fsp3) is 0.227. The van der Waals surface area contributed by atoms with E-state index in [9.17, 15) is 4.79 Å². The third kappa shape index (κ3) is 2.90. The van der Waals surface area contributed by atoms with E-state index in [1.54, 1.807) is 18.4 Å². The minimum absolute atomic E-state index is 0.0270. The highest BCUT2D eigenvalue weighted by Gasteiger charge is 2.33.